The van der Waals surface area contributed by atoms with Gasteiger partial charge in [0.1, 0.15) is 0 Å². The van der Waals surface area contributed by atoms with E-state index < -0.39 is 0 Å². The van der Waals surface area contributed by atoms with Crippen molar-refractivity contribution in [3.63, 3.8) is 0 Å². The third-order valence-electron chi connectivity index (χ3n) is 2.97. The van der Waals surface area contributed by atoms with E-state index in [1.807, 2.05) is 13.8 Å². The Balaban J connectivity index is 4.63. The van der Waals surface area contributed by atoms with Crippen molar-refractivity contribution < 1.29 is 14.3 Å². The third kappa shape index (κ3) is 5.50. The average Bonchev–Trinajstić information content (AvgIpc) is 2.28. The van der Waals surface area contributed by atoms with Crippen molar-refractivity contribution in [3.8, 4) is 0 Å². The normalized spacial score (nSPS) is 14.7. The number of ether oxygens (including phenoxy) is 2. The van der Waals surface area contributed by atoms with Crippen LogP contribution in [0, 0.1) is 0 Å². The van der Waals surface area contributed by atoms with E-state index in [0.717, 1.165) is 13.1 Å². The van der Waals surface area contributed by atoms with Crippen LogP contribution in [-0.2, 0) is 14.3 Å². The van der Waals surface area contributed by atoms with Crippen LogP contribution in [0.3, 0.4) is 0 Å². The predicted molar refractivity (Wildman–Crippen MR) is 69.1 cm³/mol. The first-order valence-electron chi connectivity index (χ1n) is 6.52. The molecule has 0 N–H and O–H groups in total. The Bertz CT molecular complexity index is 217. The summed E-state index contributed by atoms with van der Waals surface area (Å²) in [4.78, 5) is 13.9. The van der Waals surface area contributed by atoms with Crippen molar-refractivity contribution in [2.24, 2.45) is 0 Å². The summed E-state index contributed by atoms with van der Waals surface area (Å²) < 4.78 is 10.5. The number of esters is 1. The van der Waals surface area contributed by atoms with Crippen LogP contribution in [0.25, 0.3) is 0 Å². The molecule has 0 amide bonds. The minimum Gasteiger partial charge on any atom is -0.466 e. The van der Waals surface area contributed by atoms with Gasteiger partial charge in [-0.3, -0.25) is 9.69 Å². The number of hydrogen-bond donors (Lipinski definition) is 0. The lowest BCUT2D eigenvalue weighted by Crippen LogP contribution is -2.51. The smallest absolute Gasteiger partial charge is 0.307 e. The van der Waals surface area contributed by atoms with Crippen LogP contribution >= 0.6 is 0 Å². The Kier molecular flexibility index (Phi) is 8.17. The van der Waals surface area contributed by atoms with Gasteiger partial charge in [-0.1, -0.05) is 13.8 Å². The molecule has 0 aliphatic carbocycles. The Morgan fingerprint density at radius 3 is 2.12 bits per heavy atom. The molecule has 4 heteroatoms. The second-order valence-corrected chi connectivity index (χ2v) is 4.29. The van der Waals surface area contributed by atoms with E-state index >= 15 is 0 Å². The van der Waals surface area contributed by atoms with Crippen LogP contribution in [0.2, 0.25) is 0 Å². The summed E-state index contributed by atoms with van der Waals surface area (Å²) in [5.74, 6) is -0.151. The molecule has 0 fully saturated rings. The van der Waals surface area contributed by atoms with Crippen molar-refractivity contribution in [2.75, 3.05) is 32.9 Å². The first-order valence-corrected chi connectivity index (χ1v) is 6.52. The highest BCUT2D eigenvalue weighted by Crippen LogP contribution is 2.20. The number of carbonyl (C=O) groups excluding carboxylic acids is 1. The summed E-state index contributed by atoms with van der Waals surface area (Å²) in [5.41, 5.74) is -0.272. The molecule has 0 aromatic heterocycles. The molecule has 0 rings (SSSR count). The highest BCUT2D eigenvalue weighted by molar-refractivity contribution is 5.70. The highest BCUT2D eigenvalue weighted by atomic mass is 16.5. The van der Waals surface area contributed by atoms with Crippen molar-refractivity contribution >= 4 is 5.97 Å². The maximum Gasteiger partial charge on any atom is 0.307 e. The highest BCUT2D eigenvalue weighted by Gasteiger charge is 2.33. The minimum atomic E-state index is -0.272. The van der Waals surface area contributed by atoms with E-state index in [2.05, 4.69) is 25.7 Å². The van der Waals surface area contributed by atoms with Gasteiger partial charge < -0.3 is 9.47 Å². The Morgan fingerprint density at radius 1 is 1.12 bits per heavy atom. The topological polar surface area (TPSA) is 38.8 Å². The lowest BCUT2D eigenvalue weighted by Gasteiger charge is -2.39. The molecule has 0 aromatic rings. The van der Waals surface area contributed by atoms with Gasteiger partial charge in [-0.2, -0.15) is 0 Å². The monoisotopic (exact) mass is 245 g/mol. The van der Waals surface area contributed by atoms with Gasteiger partial charge in [-0.05, 0) is 33.9 Å². The summed E-state index contributed by atoms with van der Waals surface area (Å²) in [5, 5.41) is 0. The molecule has 0 aromatic carbocycles. The van der Waals surface area contributed by atoms with Crippen LogP contribution in [0.15, 0.2) is 0 Å². The molecular weight excluding hydrogens is 218 g/mol. The van der Waals surface area contributed by atoms with Crippen LogP contribution in [0.4, 0.5) is 0 Å². The molecule has 4 nitrogen and oxygen atoms in total. The van der Waals surface area contributed by atoms with E-state index in [1.165, 1.54) is 0 Å². The zero-order valence-electron chi connectivity index (χ0n) is 11.9. The Hall–Kier alpha value is -0.610. The number of likely N-dealkylation sites (N-methyl/N-ethyl adjacent to an activating group) is 1. The standard InChI is InChI=1S/C13H27NO3/c1-6-14(7-2)13(5,11-16-8-3)10-12(15)17-9-4/h6-11H2,1-5H3. The van der Waals surface area contributed by atoms with Gasteiger partial charge >= 0.3 is 5.97 Å². The number of hydrogen-bond acceptors (Lipinski definition) is 4. The maximum atomic E-state index is 11.7. The van der Waals surface area contributed by atoms with Crippen LogP contribution in [0.5, 0.6) is 0 Å². The molecule has 0 bridgehead atoms. The summed E-state index contributed by atoms with van der Waals surface area (Å²) in [7, 11) is 0. The summed E-state index contributed by atoms with van der Waals surface area (Å²) in [6.45, 7) is 13.5. The first kappa shape index (κ1) is 16.4. The van der Waals surface area contributed by atoms with Gasteiger partial charge in [0.15, 0.2) is 0 Å². The zero-order valence-corrected chi connectivity index (χ0v) is 11.9. The molecule has 0 spiro atoms. The molecule has 102 valence electrons. The molecule has 0 saturated heterocycles. The van der Waals surface area contributed by atoms with Gasteiger partial charge in [0.05, 0.1) is 25.2 Å². The number of rotatable bonds is 9. The van der Waals surface area contributed by atoms with Gasteiger partial charge in [0, 0.05) is 6.61 Å². The Labute approximate surface area is 105 Å². The Morgan fingerprint density at radius 2 is 1.71 bits per heavy atom. The third-order valence-corrected chi connectivity index (χ3v) is 2.97. The van der Waals surface area contributed by atoms with Crippen LogP contribution < -0.4 is 0 Å². The van der Waals surface area contributed by atoms with Crippen LogP contribution in [-0.4, -0.2) is 49.3 Å². The fourth-order valence-corrected chi connectivity index (χ4v) is 2.09. The molecule has 0 saturated carbocycles. The average molecular weight is 245 g/mol. The molecule has 0 aliphatic heterocycles. The van der Waals surface area contributed by atoms with Gasteiger partial charge in [0.25, 0.3) is 0 Å². The molecule has 1 unspecified atom stereocenters. The van der Waals surface area contributed by atoms with E-state index in [-0.39, 0.29) is 11.5 Å². The fraction of sp³-hybridized carbons (Fsp3) is 0.923. The molecular formula is C13H27NO3. The van der Waals surface area contributed by atoms with Gasteiger partial charge in [-0.15, -0.1) is 0 Å². The number of carbonyl (C=O) groups is 1. The lowest BCUT2D eigenvalue weighted by molar-refractivity contribution is -0.147. The van der Waals surface area contributed by atoms with Crippen LogP contribution in [0.1, 0.15) is 41.0 Å². The van der Waals surface area contributed by atoms with E-state index in [1.54, 1.807) is 0 Å². The molecule has 17 heavy (non-hydrogen) atoms. The summed E-state index contributed by atoms with van der Waals surface area (Å²) in [6, 6.07) is 0. The van der Waals surface area contributed by atoms with E-state index in [4.69, 9.17) is 9.47 Å². The molecule has 1 atom stereocenters. The summed E-state index contributed by atoms with van der Waals surface area (Å²) >= 11 is 0. The number of nitrogens with zero attached hydrogens (tertiary/aromatic N) is 1. The minimum absolute atomic E-state index is 0.151. The molecule has 0 heterocycles. The summed E-state index contributed by atoms with van der Waals surface area (Å²) in [6.07, 6.45) is 0.377. The van der Waals surface area contributed by atoms with Crippen molar-refractivity contribution in [3.05, 3.63) is 0 Å². The van der Waals surface area contributed by atoms with Crippen molar-refractivity contribution in [1.82, 2.24) is 4.90 Å². The van der Waals surface area contributed by atoms with Crippen molar-refractivity contribution in [2.45, 2.75) is 46.6 Å². The first-order chi connectivity index (χ1) is 8.03. The van der Waals surface area contributed by atoms with Gasteiger partial charge in [-0.25, -0.2) is 0 Å². The van der Waals surface area contributed by atoms with E-state index in [9.17, 15) is 4.79 Å². The van der Waals surface area contributed by atoms with Crippen molar-refractivity contribution in [1.29, 1.82) is 0 Å². The second kappa shape index (κ2) is 8.48. The van der Waals surface area contributed by atoms with Gasteiger partial charge in [0.2, 0.25) is 0 Å². The second-order valence-electron chi connectivity index (χ2n) is 4.29. The maximum absolute atomic E-state index is 11.7. The lowest BCUT2D eigenvalue weighted by atomic mass is 9.96. The molecule has 0 aliphatic rings. The SMILES string of the molecule is CCOCC(C)(CC(=O)OCC)N(CC)CC. The largest absolute Gasteiger partial charge is 0.466 e. The quantitative estimate of drug-likeness (QED) is 0.583. The molecule has 0 radical (unpaired) electrons. The fourth-order valence-electron chi connectivity index (χ4n) is 2.09. The zero-order chi connectivity index (χ0) is 13.3. The predicted octanol–water partition coefficient (Wildman–Crippen LogP) is 2.08. The van der Waals surface area contributed by atoms with E-state index in [0.29, 0.717) is 26.2 Å².